The number of aryl methyl sites for hydroxylation is 2. The van der Waals surface area contributed by atoms with Gasteiger partial charge in [-0.25, -0.2) is 4.98 Å². The van der Waals surface area contributed by atoms with Crippen molar-refractivity contribution in [3.63, 3.8) is 0 Å². The van der Waals surface area contributed by atoms with E-state index in [9.17, 15) is 4.79 Å². The quantitative estimate of drug-likeness (QED) is 0.581. The van der Waals surface area contributed by atoms with Crippen LogP contribution in [0.15, 0.2) is 55.0 Å². The molecule has 0 aliphatic rings. The molecular weight excluding hydrogens is 352 g/mol. The van der Waals surface area contributed by atoms with Gasteiger partial charge in [-0.05, 0) is 32.0 Å². The lowest BCUT2D eigenvalue weighted by molar-refractivity contribution is 0.0940. The van der Waals surface area contributed by atoms with Gasteiger partial charge in [0.2, 0.25) is 0 Å². The van der Waals surface area contributed by atoms with Crippen LogP contribution in [0.25, 0.3) is 22.2 Å². The Morgan fingerprint density at radius 1 is 1.21 bits per heavy atom. The number of carbonyl (C=O) groups excluding carboxylic acids is 1. The van der Waals surface area contributed by atoms with Crippen molar-refractivity contribution >= 4 is 16.8 Å². The van der Waals surface area contributed by atoms with Crippen molar-refractivity contribution in [1.29, 1.82) is 0 Å². The first-order valence-electron chi connectivity index (χ1n) is 9.28. The predicted molar refractivity (Wildman–Crippen MR) is 108 cm³/mol. The Balaban J connectivity index is 1.73. The Morgan fingerprint density at radius 3 is 2.79 bits per heavy atom. The maximum Gasteiger partial charge on any atom is 0.252 e. The summed E-state index contributed by atoms with van der Waals surface area (Å²) in [7, 11) is 1.86. The summed E-state index contributed by atoms with van der Waals surface area (Å²) in [4.78, 5) is 17.9. The standard InChI is InChI=1S/C21H22N6O/c1-4-27-20(9-10-22-27)14(2)24-21(28)17-11-19(15-12-23-26(3)13-15)25-18-8-6-5-7-16(17)18/h5-14H,4H2,1-3H3,(H,24,28). The van der Waals surface area contributed by atoms with Crippen molar-refractivity contribution in [2.24, 2.45) is 7.05 Å². The van der Waals surface area contributed by atoms with E-state index in [4.69, 9.17) is 4.98 Å². The van der Waals surface area contributed by atoms with Crippen LogP contribution >= 0.6 is 0 Å². The van der Waals surface area contributed by atoms with Crippen LogP contribution in [0.4, 0.5) is 0 Å². The van der Waals surface area contributed by atoms with E-state index in [1.165, 1.54) is 0 Å². The minimum atomic E-state index is -0.163. The van der Waals surface area contributed by atoms with E-state index in [2.05, 4.69) is 15.5 Å². The average molecular weight is 374 g/mol. The Labute approximate surface area is 163 Å². The monoisotopic (exact) mass is 374 g/mol. The van der Waals surface area contributed by atoms with Crippen LogP contribution in [-0.4, -0.2) is 30.5 Å². The van der Waals surface area contributed by atoms with Gasteiger partial charge in [0.15, 0.2) is 0 Å². The lowest BCUT2D eigenvalue weighted by Gasteiger charge is -2.16. The fourth-order valence-corrected chi connectivity index (χ4v) is 3.39. The number of pyridine rings is 1. The first kappa shape index (κ1) is 17.9. The van der Waals surface area contributed by atoms with Crippen LogP contribution in [-0.2, 0) is 13.6 Å². The number of carbonyl (C=O) groups is 1. The second kappa shape index (κ2) is 7.26. The predicted octanol–water partition coefficient (Wildman–Crippen LogP) is 3.34. The van der Waals surface area contributed by atoms with E-state index >= 15 is 0 Å². The molecule has 28 heavy (non-hydrogen) atoms. The van der Waals surface area contributed by atoms with Gasteiger partial charge in [-0.1, -0.05) is 18.2 Å². The zero-order chi connectivity index (χ0) is 19.7. The molecule has 0 spiro atoms. The normalized spacial score (nSPS) is 12.2. The Hall–Kier alpha value is -3.48. The second-order valence-corrected chi connectivity index (χ2v) is 6.74. The molecule has 3 aromatic heterocycles. The van der Waals surface area contributed by atoms with Gasteiger partial charge < -0.3 is 5.32 Å². The van der Waals surface area contributed by atoms with Crippen molar-refractivity contribution in [2.45, 2.75) is 26.4 Å². The Kier molecular flexibility index (Phi) is 4.65. The fraction of sp³-hybridized carbons (Fsp3) is 0.238. The van der Waals surface area contributed by atoms with Crippen molar-refractivity contribution in [3.05, 3.63) is 66.2 Å². The lowest BCUT2D eigenvalue weighted by atomic mass is 10.0. The summed E-state index contributed by atoms with van der Waals surface area (Å²) in [6.07, 6.45) is 5.40. The maximum atomic E-state index is 13.2. The van der Waals surface area contributed by atoms with Gasteiger partial charge in [0.05, 0.1) is 34.7 Å². The number of hydrogen-bond donors (Lipinski definition) is 1. The number of nitrogens with zero attached hydrogens (tertiary/aromatic N) is 5. The largest absolute Gasteiger partial charge is 0.344 e. The molecule has 3 heterocycles. The van der Waals surface area contributed by atoms with Crippen LogP contribution in [0.3, 0.4) is 0 Å². The number of hydrogen-bond acceptors (Lipinski definition) is 4. The second-order valence-electron chi connectivity index (χ2n) is 6.74. The molecule has 1 aromatic carbocycles. The minimum Gasteiger partial charge on any atom is -0.344 e. The summed E-state index contributed by atoms with van der Waals surface area (Å²) in [5.74, 6) is -0.139. The van der Waals surface area contributed by atoms with E-state index in [1.54, 1.807) is 17.1 Å². The number of para-hydroxylation sites is 1. The third kappa shape index (κ3) is 3.26. The molecule has 0 radical (unpaired) electrons. The molecule has 0 aliphatic heterocycles. The molecule has 1 amide bonds. The topological polar surface area (TPSA) is 77.6 Å². The van der Waals surface area contributed by atoms with E-state index in [1.807, 2.05) is 68.2 Å². The van der Waals surface area contributed by atoms with E-state index in [-0.39, 0.29) is 11.9 Å². The molecule has 7 nitrogen and oxygen atoms in total. The van der Waals surface area contributed by atoms with Crippen molar-refractivity contribution in [3.8, 4) is 11.3 Å². The van der Waals surface area contributed by atoms with Crippen LogP contribution in [0, 0.1) is 0 Å². The third-order valence-electron chi connectivity index (χ3n) is 4.80. The number of aromatic nitrogens is 5. The van der Waals surface area contributed by atoms with E-state index < -0.39 is 0 Å². The number of amides is 1. The van der Waals surface area contributed by atoms with Gasteiger partial charge in [0.25, 0.3) is 5.91 Å². The van der Waals surface area contributed by atoms with Crippen molar-refractivity contribution in [1.82, 2.24) is 29.9 Å². The van der Waals surface area contributed by atoms with Gasteiger partial charge in [-0.15, -0.1) is 0 Å². The lowest BCUT2D eigenvalue weighted by Crippen LogP contribution is -2.28. The van der Waals surface area contributed by atoms with Gasteiger partial charge in [0, 0.05) is 36.9 Å². The summed E-state index contributed by atoms with van der Waals surface area (Å²) in [6.45, 7) is 4.75. The number of rotatable bonds is 5. The van der Waals surface area contributed by atoms with Crippen LogP contribution in [0.2, 0.25) is 0 Å². The number of fused-ring (bicyclic) bond motifs is 1. The molecule has 4 aromatic rings. The molecule has 1 unspecified atom stereocenters. The van der Waals surface area contributed by atoms with Crippen molar-refractivity contribution < 1.29 is 4.79 Å². The summed E-state index contributed by atoms with van der Waals surface area (Å²) >= 11 is 0. The Bertz CT molecular complexity index is 1140. The highest BCUT2D eigenvalue weighted by molar-refractivity contribution is 6.07. The molecular formula is C21H22N6O. The first-order chi connectivity index (χ1) is 13.6. The number of nitrogens with one attached hydrogen (secondary N) is 1. The molecule has 0 aliphatic carbocycles. The molecule has 0 saturated heterocycles. The van der Waals surface area contributed by atoms with Crippen LogP contribution in [0.5, 0.6) is 0 Å². The molecule has 1 N–H and O–H groups in total. The van der Waals surface area contributed by atoms with Gasteiger partial charge in [-0.2, -0.15) is 10.2 Å². The highest BCUT2D eigenvalue weighted by atomic mass is 16.1. The molecule has 0 bridgehead atoms. The highest BCUT2D eigenvalue weighted by Gasteiger charge is 2.18. The molecule has 142 valence electrons. The number of benzene rings is 1. The summed E-state index contributed by atoms with van der Waals surface area (Å²) in [6, 6.07) is 11.3. The minimum absolute atomic E-state index is 0.139. The smallest absolute Gasteiger partial charge is 0.252 e. The van der Waals surface area contributed by atoms with Crippen LogP contribution < -0.4 is 5.32 Å². The Morgan fingerprint density at radius 2 is 2.04 bits per heavy atom. The fourth-order valence-electron chi connectivity index (χ4n) is 3.39. The first-order valence-corrected chi connectivity index (χ1v) is 9.28. The highest BCUT2D eigenvalue weighted by Crippen LogP contribution is 2.25. The molecule has 0 saturated carbocycles. The SMILES string of the molecule is CCn1nccc1C(C)NC(=O)c1cc(-c2cnn(C)c2)nc2ccccc12. The molecule has 4 rings (SSSR count). The van der Waals surface area contributed by atoms with E-state index in [0.29, 0.717) is 5.56 Å². The zero-order valence-corrected chi connectivity index (χ0v) is 16.1. The molecule has 7 heteroatoms. The maximum absolute atomic E-state index is 13.2. The summed E-state index contributed by atoms with van der Waals surface area (Å²) in [5.41, 5.74) is 3.95. The average Bonchev–Trinajstić information content (AvgIpc) is 3.35. The summed E-state index contributed by atoms with van der Waals surface area (Å²) < 4.78 is 3.61. The van der Waals surface area contributed by atoms with Crippen LogP contribution in [0.1, 0.15) is 35.9 Å². The molecule has 1 atom stereocenters. The molecule has 0 fully saturated rings. The van der Waals surface area contributed by atoms with Gasteiger partial charge >= 0.3 is 0 Å². The third-order valence-corrected chi connectivity index (χ3v) is 4.80. The van der Waals surface area contributed by atoms with Gasteiger partial charge in [-0.3, -0.25) is 14.2 Å². The van der Waals surface area contributed by atoms with Crippen molar-refractivity contribution in [2.75, 3.05) is 0 Å². The van der Waals surface area contributed by atoms with Gasteiger partial charge in [0.1, 0.15) is 0 Å². The van der Waals surface area contributed by atoms with E-state index in [0.717, 1.165) is 34.4 Å². The summed E-state index contributed by atoms with van der Waals surface area (Å²) in [5, 5.41) is 12.4. The zero-order valence-electron chi connectivity index (χ0n) is 16.1.